The highest BCUT2D eigenvalue weighted by Gasteiger charge is 2.11. The van der Waals surface area contributed by atoms with Crippen LogP contribution in [0.25, 0.3) is 10.9 Å². The Hall–Kier alpha value is -4.05. The lowest BCUT2D eigenvalue weighted by molar-refractivity contribution is -0.118. The van der Waals surface area contributed by atoms with Crippen molar-refractivity contribution in [3.63, 3.8) is 0 Å². The van der Waals surface area contributed by atoms with Crippen LogP contribution < -0.4 is 20.3 Å². The van der Waals surface area contributed by atoms with E-state index in [0.29, 0.717) is 46.1 Å². The average Bonchev–Trinajstić information content (AvgIpc) is 2.84. The third-order valence-corrected chi connectivity index (χ3v) is 5.52. The molecule has 0 aliphatic rings. The zero-order valence-corrected chi connectivity index (χ0v) is 21.1. The number of aryl methyl sites for hydroxylation is 1. The van der Waals surface area contributed by atoms with Gasteiger partial charge in [0.15, 0.2) is 18.1 Å². The number of anilines is 1. The first kappa shape index (κ1) is 25.1. The van der Waals surface area contributed by atoms with Crippen molar-refractivity contribution >= 4 is 44.6 Å². The van der Waals surface area contributed by atoms with Crippen LogP contribution in [-0.2, 0) is 4.79 Å². The number of aromatic nitrogens is 2. The minimum atomic E-state index is -0.450. The van der Waals surface area contributed by atoms with Crippen molar-refractivity contribution in [2.45, 2.75) is 13.8 Å². The number of hydrogen-bond acceptors (Lipinski definition) is 6. The molecule has 0 atom stereocenters. The molecule has 36 heavy (non-hydrogen) atoms. The summed E-state index contributed by atoms with van der Waals surface area (Å²) in [5.74, 6) is 0.312. The topological polar surface area (TPSA) is 94.8 Å². The molecule has 0 saturated carbocycles. The fourth-order valence-corrected chi connectivity index (χ4v) is 3.78. The zero-order valence-electron chi connectivity index (χ0n) is 19.5. The molecule has 0 bridgehead atoms. The van der Waals surface area contributed by atoms with E-state index in [9.17, 15) is 14.0 Å². The molecule has 1 heterocycles. The van der Waals surface area contributed by atoms with Crippen molar-refractivity contribution in [2.75, 3.05) is 18.5 Å². The van der Waals surface area contributed by atoms with Crippen molar-refractivity contribution in [2.24, 2.45) is 5.10 Å². The van der Waals surface area contributed by atoms with Crippen molar-refractivity contribution in [1.82, 2.24) is 9.66 Å². The van der Waals surface area contributed by atoms with Gasteiger partial charge in [0.1, 0.15) is 11.6 Å². The van der Waals surface area contributed by atoms with Gasteiger partial charge in [-0.1, -0.05) is 22.0 Å². The maximum absolute atomic E-state index is 13.3. The summed E-state index contributed by atoms with van der Waals surface area (Å²) < 4.78 is 26.6. The SMILES string of the molecule is CCOc1cc(C=Nn2c(C)nc3ccc(Br)cc3c2=O)ccc1OCC(=O)Nc1cccc(F)c1. The summed E-state index contributed by atoms with van der Waals surface area (Å²) in [6.07, 6.45) is 1.52. The summed E-state index contributed by atoms with van der Waals surface area (Å²) in [5.41, 5.74) is 1.29. The van der Waals surface area contributed by atoms with Gasteiger partial charge in [-0.15, -0.1) is 0 Å². The smallest absolute Gasteiger partial charge is 0.282 e. The van der Waals surface area contributed by atoms with Crippen LogP contribution in [0.2, 0.25) is 0 Å². The number of fused-ring (bicyclic) bond motifs is 1. The molecule has 1 amide bonds. The maximum atomic E-state index is 13.3. The number of hydrogen-bond donors (Lipinski definition) is 1. The molecule has 0 spiro atoms. The first-order chi connectivity index (χ1) is 17.3. The first-order valence-corrected chi connectivity index (χ1v) is 11.8. The molecule has 4 aromatic rings. The number of nitrogens with zero attached hydrogens (tertiary/aromatic N) is 3. The van der Waals surface area contributed by atoms with E-state index in [1.165, 1.54) is 29.1 Å². The van der Waals surface area contributed by atoms with Gasteiger partial charge >= 0.3 is 0 Å². The largest absolute Gasteiger partial charge is 0.490 e. The third-order valence-electron chi connectivity index (χ3n) is 5.03. The molecule has 8 nitrogen and oxygen atoms in total. The molecule has 10 heteroatoms. The van der Waals surface area contributed by atoms with Crippen molar-refractivity contribution in [3.05, 3.63) is 92.7 Å². The minimum absolute atomic E-state index is 0.288. The van der Waals surface area contributed by atoms with Crippen LogP contribution in [0.5, 0.6) is 11.5 Å². The molecular weight excluding hydrogens is 531 g/mol. The van der Waals surface area contributed by atoms with Crippen LogP contribution in [0.4, 0.5) is 10.1 Å². The predicted octanol–water partition coefficient (Wildman–Crippen LogP) is 4.90. The molecule has 4 rings (SSSR count). The molecule has 184 valence electrons. The maximum Gasteiger partial charge on any atom is 0.282 e. The fourth-order valence-electron chi connectivity index (χ4n) is 3.42. The Labute approximate surface area is 214 Å². The number of ether oxygens (including phenoxy) is 2. The van der Waals surface area contributed by atoms with Gasteiger partial charge < -0.3 is 14.8 Å². The molecule has 0 radical (unpaired) electrons. The molecule has 1 aromatic heterocycles. The van der Waals surface area contributed by atoms with E-state index in [1.807, 2.05) is 13.0 Å². The van der Waals surface area contributed by atoms with E-state index in [0.717, 1.165) is 4.47 Å². The molecule has 0 unspecified atom stereocenters. The summed E-state index contributed by atoms with van der Waals surface area (Å²) in [5, 5.41) is 7.35. The van der Waals surface area contributed by atoms with Crippen LogP contribution in [0.1, 0.15) is 18.3 Å². The van der Waals surface area contributed by atoms with Crippen LogP contribution in [0, 0.1) is 12.7 Å². The van der Waals surface area contributed by atoms with Crippen molar-refractivity contribution in [3.8, 4) is 11.5 Å². The molecule has 1 N–H and O–H groups in total. The van der Waals surface area contributed by atoms with Crippen molar-refractivity contribution in [1.29, 1.82) is 0 Å². The van der Waals surface area contributed by atoms with Gasteiger partial charge in [0.05, 0.1) is 23.7 Å². The lowest BCUT2D eigenvalue weighted by Gasteiger charge is -2.13. The van der Waals surface area contributed by atoms with Gasteiger partial charge in [0.2, 0.25) is 0 Å². The Balaban J connectivity index is 1.52. The van der Waals surface area contributed by atoms with Crippen LogP contribution in [-0.4, -0.2) is 35.0 Å². The van der Waals surface area contributed by atoms with Gasteiger partial charge in [0, 0.05) is 10.2 Å². The molecule has 0 fully saturated rings. The number of amides is 1. The lowest BCUT2D eigenvalue weighted by atomic mass is 10.2. The predicted molar refractivity (Wildman–Crippen MR) is 140 cm³/mol. The number of benzene rings is 3. The average molecular weight is 553 g/mol. The van der Waals surface area contributed by atoms with Gasteiger partial charge in [-0.2, -0.15) is 9.78 Å². The third kappa shape index (κ3) is 5.95. The Morgan fingerprint density at radius 2 is 1.97 bits per heavy atom. The standard InChI is InChI=1S/C26H22BrFN4O4/c1-3-35-24-11-17(7-10-23(24)36-15-25(33)31-20-6-4-5-19(28)13-20)14-29-32-16(2)30-22-9-8-18(27)12-21(22)26(32)34/h4-14H,3,15H2,1-2H3,(H,31,33). The van der Waals surface area contributed by atoms with E-state index >= 15 is 0 Å². The second kappa shape index (κ2) is 11.1. The van der Waals surface area contributed by atoms with Gasteiger partial charge in [-0.05, 0) is 74.0 Å². The highest BCUT2D eigenvalue weighted by Crippen LogP contribution is 2.28. The van der Waals surface area contributed by atoms with Gasteiger partial charge in [0.25, 0.3) is 11.5 Å². The zero-order chi connectivity index (χ0) is 25.7. The number of rotatable bonds is 8. The van der Waals surface area contributed by atoms with E-state index in [1.54, 1.807) is 43.3 Å². The second-order valence-electron chi connectivity index (χ2n) is 7.67. The summed E-state index contributed by atoms with van der Waals surface area (Å²) in [6.45, 7) is 3.60. The fraction of sp³-hybridized carbons (Fsp3) is 0.154. The summed E-state index contributed by atoms with van der Waals surface area (Å²) in [4.78, 5) is 29.6. The number of carbonyl (C=O) groups excluding carboxylic acids is 1. The molecule has 0 aliphatic heterocycles. The molecular formula is C26H22BrFN4O4. The summed E-state index contributed by atoms with van der Waals surface area (Å²) in [6, 6.07) is 16.0. The normalized spacial score (nSPS) is 11.1. The highest BCUT2D eigenvalue weighted by molar-refractivity contribution is 9.10. The Morgan fingerprint density at radius 3 is 2.75 bits per heavy atom. The summed E-state index contributed by atoms with van der Waals surface area (Å²) >= 11 is 3.38. The quantitative estimate of drug-likeness (QED) is 0.313. The second-order valence-corrected chi connectivity index (χ2v) is 8.58. The molecule has 3 aromatic carbocycles. The number of carbonyl (C=O) groups is 1. The molecule has 0 aliphatic carbocycles. The van der Waals surface area contributed by atoms with Gasteiger partial charge in [-0.25, -0.2) is 9.37 Å². The van der Waals surface area contributed by atoms with Crippen LogP contribution >= 0.6 is 15.9 Å². The van der Waals surface area contributed by atoms with Crippen molar-refractivity contribution < 1.29 is 18.7 Å². The van der Waals surface area contributed by atoms with E-state index in [2.05, 4.69) is 31.3 Å². The monoisotopic (exact) mass is 552 g/mol. The number of nitrogens with one attached hydrogen (secondary N) is 1. The first-order valence-electron chi connectivity index (χ1n) is 11.0. The van der Waals surface area contributed by atoms with Crippen LogP contribution in [0.15, 0.2) is 75.0 Å². The highest BCUT2D eigenvalue weighted by atomic mass is 79.9. The Morgan fingerprint density at radius 1 is 1.14 bits per heavy atom. The number of halogens is 2. The lowest BCUT2D eigenvalue weighted by Crippen LogP contribution is -2.21. The van der Waals surface area contributed by atoms with E-state index < -0.39 is 11.7 Å². The minimum Gasteiger partial charge on any atom is -0.490 e. The summed E-state index contributed by atoms with van der Waals surface area (Å²) in [7, 11) is 0. The Kier molecular flexibility index (Phi) is 7.74. The van der Waals surface area contributed by atoms with E-state index in [-0.39, 0.29) is 12.2 Å². The molecule has 0 saturated heterocycles. The van der Waals surface area contributed by atoms with Gasteiger partial charge in [-0.3, -0.25) is 9.59 Å². The van der Waals surface area contributed by atoms with Crippen LogP contribution in [0.3, 0.4) is 0 Å². The Bertz CT molecular complexity index is 1520. The van der Waals surface area contributed by atoms with E-state index in [4.69, 9.17) is 9.47 Å².